The highest BCUT2D eigenvalue weighted by molar-refractivity contribution is 5.97. The number of carbonyl (C=O) groups is 1. The Balaban J connectivity index is 2.09. The number of hydrogen-bond donors (Lipinski definition) is 0. The summed E-state index contributed by atoms with van der Waals surface area (Å²) in [4.78, 5) is 12.0. The van der Waals surface area contributed by atoms with E-state index in [1.807, 2.05) is 19.1 Å². The third-order valence-corrected chi connectivity index (χ3v) is 3.59. The van der Waals surface area contributed by atoms with Gasteiger partial charge in [0.1, 0.15) is 17.1 Å². The lowest BCUT2D eigenvalue weighted by Crippen LogP contribution is -2.04. The van der Waals surface area contributed by atoms with Crippen molar-refractivity contribution in [3.8, 4) is 11.5 Å². The van der Waals surface area contributed by atoms with Crippen LogP contribution in [0.25, 0.3) is 11.0 Å². The highest BCUT2D eigenvalue weighted by Gasteiger charge is 2.20. The first kappa shape index (κ1) is 17.0. The number of benzene rings is 2. The van der Waals surface area contributed by atoms with Gasteiger partial charge in [0.25, 0.3) is 6.43 Å². The Labute approximate surface area is 143 Å². The average Bonchev–Trinajstić information content (AvgIpc) is 3.02. The third kappa shape index (κ3) is 3.63. The van der Waals surface area contributed by atoms with Gasteiger partial charge < -0.3 is 13.9 Å². The predicted molar refractivity (Wildman–Crippen MR) is 88.4 cm³/mol. The van der Waals surface area contributed by atoms with E-state index in [-0.39, 0.29) is 23.5 Å². The molecule has 0 spiro atoms. The molecule has 0 radical (unpaired) electrons. The van der Waals surface area contributed by atoms with E-state index in [0.717, 1.165) is 5.56 Å². The first-order valence-electron chi connectivity index (χ1n) is 7.75. The van der Waals surface area contributed by atoms with Crippen LogP contribution >= 0.6 is 0 Å². The molecule has 3 rings (SSSR count). The summed E-state index contributed by atoms with van der Waals surface area (Å²) in [5.74, 6) is -0.286. The van der Waals surface area contributed by atoms with Gasteiger partial charge in [-0.1, -0.05) is 17.7 Å². The van der Waals surface area contributed by atoms with Crippen molar-refractivity contribution < 1.29 is 27.5 Å². The van der Waals surface area contributed by atoms with E-state index >= 15 is 0 Å². The Morgan fingerprint density at radius 2 is 1.88 bits per heavy atom. The van der Waals surface area contributed by atoms with Gasteiger partial charge in [0, 0.05) is 0 Å². The molecule has 0 saturated heterocycles. The lowest BCUT2D eigenvalue weighted by atomic mass is 10.1. The molecule has 6 heteroatoms. The fourth-order valence-corrected chi connectivity index (χ4v) is 2.38. The van der Waals surface area contributed by atoms with E-state index in [1.54, 1.807) is 19.1 Å². The van der Waals surface area contributed by atoms with Gasteiger partial charge in [-0.2, -0.15) is 0 Å². The van der Waals surface area contributed by atoms with Gasteiger partial charge in [0.05, 0.1) is 17.6 Å². The molecular formula is C19H16F2O4. The van der Waals surface area contributed by atoms with E-state index in [1.165, 1.54) is 18.2 Å². The Morgan fingerprint density at radius 1 is 1.16 bits per heavy atom. The van der Waals surface area contributed by atoms with E-state index in [2.05, 4.69) is 0 Å². The fraction of sp³-hybridized carbons (Fsp3) is 0.211. The van der Waals surface area contributed by atoms with E-state index in [0.29, 0.717) is 11.1 Å². The van der Waals surface area contributed by atoms with Gasteiger partial charge in [-0.3, -0.25) is 0 Å². The van der Waals surface area contributed by atoms with Crippen molar-refractivity contribution in [1.82, 2.24) is 0 Å². The van der Waals surface area contributed by atoms with Crippen LogP contribution in [-0.4, -0.2) is 12.6 Å². The van der Waals surface area contributed by atoms with E-state index in [4.69, 9.17) is 13.9 Å². The van der Waals surface area contributed by atoms with Gasteiger partial charge in [-0.15, -0.1) is 0 Å². The van der Waals surface area contributed by atoms with Crippen LogP contribution < -0.4 is 4.74 Å². The minimum absolute atomic E-state index is 0.142. The molecule has 0 aliphatic rings. The number of alkyl halides is 2. The first-order chi connectivity index (χ1) is 12.0. The molecule has 1 aromatic heterocycles. The molecule has 4 nitrogen and oxygen atoms in total. The van der Waals surface area contributed by atoms with Crippen LogP contribution in [0.15, 0.2) is 46.9 Å². The monoisotopic (exact) mass is 346 g/mol. The van der Waals surface area contributed by atoms with E-state index in [9.17, 15) is 13.6 Å². The van der Waals surface area contributed by atoms with Gasteiger partial charge in [0.2, 0.25) is 0 Å². The minimum Gasteiger partial charge on any atom is -0.462 e. The number of carbonyl (C=O) groups excluding carboxylic acids is 1. The van der Waals surface area contributed by atoms with Crippen LogP contribution in [0.1, 0.15) is 35.0 Å². The van der Waals surface area contributed by atoms with Crippen molar-refractivity contribution in [2.75, 3.05) is 6.61 Å². The highest BCUT2D eigenvalue weighted by atomic mass is 19.3. The highest BCUT2D eigenvalue weighted by Crippen LogP contribution is 2.36. The van der Waals surface area contributed by atoms with Crippen LogP contribution in [0.4, 0.5) is 8.78 Å². The molecule has 0 aliphatic heterocycles. The largest absolute Gasteiger partial charge is 0.462 e. The second-order valence-electron chi connectivity index (χ2n) is 5.47. The first-order valence-corrected chi connectivity index (χ1v) is 7.75. The van der Waals surface area contributed by atoms with Crippen LogP contribution in [-0.2, 0) is 4.74 Å². The second kappa shape index (κ2) is 6.93. The Bertz CT molecular complexity index is 898. The summed E-state index contributed by atoms with van der Waals surface area (Å²) in [5, 5.41) is 0.365. The molecule has 3 aromatic rings. The Kier molecular flexibility index (Phi) is 4.70. The summed E-state index contributed by atoms with van der Waals surface area (Å²) in [6, 6.07) is 11.3. The SMILES string of the molecule is CCOC(=O)c1cc(Oc2ccc(C)cc2)c2cc(C(F)F)oc2c1. The molecule has 0 atom stereocenters. The maximum atomic E-state index is 13.0. The number of furan rings is 1. The summed E-state index contributed by atoms with van der Waals surface area (Å²) in [6.07, 6.45) is -2.76. The maximum Gasteiger partial charge on any atom is 0.338 e. The molecule has 0 aliphatic carbocycles. The number of ether oxygens (including phenoxy) is 2. The zero-order valence-corrected chi connectivity index (χ0v) is 13.7. The predicted octanol–water partition coefficient (Wildman–Crippen LogP) is 5.65. The summed E-state index contributed by atoms with van der Waals surface area (Å²) >= 11 is 0. The molecule has 0 amide bonds. The minimum atomic E-state index is -2.76. The second-order valence-corrected chi connectivity index (χ2v) is 5.47. The Morgan fingerprint density at radius 3 is 2.52 bits per heavy atom. The zero-order valence-electron chi connectivity index (χ0n) is 13.7. The number of fused-ring (bicyclic) bond motifs is 1. The van der Waals surface area contributed by atoms with Crippen LogP contribution in [0, 0.1) is 6.92 Å². The standard InChI is InChI=1S/C19H16F2O4/c1-3-23-19(22)12-8-15(24-13-6-4-11(2)5-7-13)14-10-17(18(20)21)25-16(14)9-12/h4-10,18H,3H2,1-2H3. The van der Waals surface area contributed by atoms with Crippen molar-refractivity contribution in [2.24, 2.45) is 0 Å². The molecule has 0 N–H and O–H groups in total. The zero-order chi connectivity index (χ0) is 18.0. The molecule has 1 heterocycles. The summed E-state index contributed by atoms with van der Waals surface area (Å²) in [5.41, 5.74) is 1.37. The lowest BCUT2D eigenvalue weighted by Gasteiger charge is -2.09. The Hall–Kier alpha value is -2.89. The molecule has 0 saturated carbocycles. The topological polar surface area (TPSA) is 48.7 Å². The molecule has 0 unspecified atom stereocenters. The number of rotatable bonds is 5. The number of esters is 1. The van der Waals surface area contributed by atoms with Crippen molar-refractivity contribution in [2.45, 2.75) is 20.3 Å². The maximum absolute atomic E-state index is 13.0. The molecule has 130 valence electrons. The van der Waals surface area contributed by atoms with Gasteiger partial charge in [-0.25, -0.2) is 13.6 Å². The van der Waals surface area contributed by atoms with Gasteiger partial charge >= 0.3 is 5.97 Å². The van der Waals surface area contributed by atoms with Crippen molar-refractivity contribution in [3.05, 3.63) is 59.4 Å². The smallest absolute Gasteiger partial charge is 0.338 e. The van der Waals surface area contributed by atoms with E-state index < -0.39 is 18.2 Å². The van der Waals surface area contributed by atoms with Crippen LogP contribution in [0.5, 0.6) is 11.5 Å². The van der Waals surface area contributed by atoms with Crippen molar-refractivity contribution in [3.63, 3.8) is 0 Å². The van der Waals surface area contributed by atoms with Gasteiger partial charge in [0.15, 0.2) is 5.76 Å². The van der Waals surface area contributed by atoms with Crippen LogP contribution in [0.3, 0.4) is 0 Å². The summed E-state index contributed by atoms with van der Waals surface area (Å²) in [7, 11) is 0. The fourth-order valence-electron chi connectivity index (χ4n) is 2.38. The summed E-state index contributed by atoms with van der Waals surface area (Å²) in [6.45, 7) is 3.82. The quantitative estimate of drug-likeness (QED) is 0.560. The number of aryl methyl sites for hydroxylation is 1. The lowest BCUT2D eigenvalue weighted by molar-refractivity contribution is 0.0526. The van der Waals surface area contributed by atoms with Gasteiger partial charge in [-0.05, 0) is 44.2 Å². The molecule has 0 fully saturated rings. The van der Waals surface area contributed by atoms with Crippen LogP contribution in [0.2, 0.25) is 0 Å². The van der Waals surface area contributed by atoms with Crippen molar-refractivity contribution in [1.29, 1.82) is 0 Å². The summed E-state index contributed by atoms with van der Waals surface area (Å²) < 4.78 is 41.8. The third-order valence-electron chi connectivity index (χ3n) is 3.59. The average molecular weight is 346 g/mol. The molecule has 0 bridgehead atoms. The molecular weight excluding hydrogens is 330 g/mol. The number of halogens is 2. The number of hydrogen-bond acceptors (Lipinski definition) is 4. The normalized spacial score (nSPS) is 11.1. The molecule has 2 aromatic carbocycles. The molecule has 25 heavy (non-hydrogen) atoms. The van der Waals surface area contributed by atoms with Crippen molar-refractivity contribution >= 4 is 16.9 Å².